The summed E-state index contributed by atoms with van der Waals surface area (Å²) in [6, 6.07) is 12.5. The third-order valence-electron chi connectivity index (χ3n) is 6.45. The minimum atomic E-state index is -0.921. The molecule has 4 rings (SSSR count). The monoisotopic (exact) mass is 421 g/mol. The summed E-state index contributed by atoms with van der Waals surface area (Å²) in [6.45, 7) is 3.39. The van der Waals surface area contributed by atoms with Crippen molar-refractivity contribution in [1.29, 1.82) is 0 Å². The predicted molar refractivity (Wildman–Crippen MR) is 116 cm³/mol. The molecule has 0 unspecified atom stereocenters. The van der Waals surface area contributed by atoms with Gasteiger partial charge in [-0.05, 0) is 42.0 Å². The molecule has 0 bridgehead atoms. The summed E-state index contributed by atoms with van der Waals surface area (Å²) >= 11 is 0. The summed E-state index contributed by atoms with van der Waals surface area (Å²) in [5.74, 6) is -2.07. The third kappa shape index (κ3) is 3.92. The zero-order valence-corrected chi connectivity index (χ0v) is 17.8. The Morgan fingerprint density at radius 3 is 2.52 bits per heavy atom. The number of carbonyl (C=O) groups is 4. The van der Waals surface area contributed by atoms with Crippen molar-refractivity contribution in [2.24, 2.45) is 5.92 Å². The second-order valence-corrected chi connectivity index (χ2v) is 8.54. The van der Waals surface area contributed by atoms with Crippen molar-refractivity contribution < 1.29 is 19.2 Å². The summed E-state index contributed by atoms with van der Waals surface area (Å²) in [5.41, 5.74) is 0.944. The van der Waals surface area contributed by atoms with Gasteiger partial charge in [0.15, 0.2) is 0 Å². The fourth-order valence-corrected chi connectivity index (χ4v) is 4.77. The van der Waals surface area contributed by atoms with Crippen LogP contribution in [0.3, 0.4) is 0 Å². The molecule has 31 heavy (non-hydrogen) atoms. The van der Waals surface area contributed by atoms with Crippen LogP contribution < -0.4 is 5.32 Å². The van der Waals surface area contributed by atoms with Crippen molar-refractivity contribution in [2.45, 2.75) is 51.6 Å². The van der Waals surface area contributed by atoms with Gasteiger partial charge in [-0.25, -0.2) is 9.69 Å². The van der Waals surface area contributed by atoms with Crippen LogP contribution in [0.5, 0.6) is 0 Å². The zero-order valence-electron chi connectivity index (χ0n) is 17.8. The molecule has 1 saturated carbocycles. The lowest BCUT2D eigenvalue weighted by molar-refractivity contribution is -0.145. The first-order valence-corrected chi connectivity index (χ1v) is 10.8. The first-order chi connectivity index (χ1) is 14.9. The van der Waals surface area contributed by atoms with E-state index in [1.54, 1.807) is 0 Å². The molecule has 0 aromatic heterocycles. The van der Waals surface area contributed by atoms with Gasteiger partial charge in [0.1, 0.15) is 6.54 Å². The van der Waals surface area contributed by atoms with Gasteiger partial charge in [-0.2, -0.15) is 0 Å². The Hall–Kier alpha value is -3.22. The van der Waals surface area contributed by atoms with Crippen LogP contribution >= 0.6 is 0 Å². The molecule has 3 atom stereocenters. The molecule has 1 aliphatic heterocycles. The summed E-state index contributed by atoms with van der Waals surface area (Å²) in [5, 5.41) is 4.95. The van der Waals surface area contributed by atoms with E-state index < -0.39 is 30.3 Å². The number of nitrogens with one attached hydrogen (secondary N) is 1. The van der Waals surface area contributed by atoms with E-state index in [0.717, 1.165) is 45.4 Å². The molecule has 2 aliphatic rings. The number of nitrogens with zero attached hydrogens (tertiary/aromatic N) is 2. The maximum absolute atomic E-state index is 12.9. The second kappa shape index (κ2) is 8.49. The molecule has 1 N–H and O–H groups in total. The number of hydrogen-bond acceptors (Lipinski definition) is 4. The Bertz CT molecular complexity index is 1040. The number of urea groups is 1. The Kier molecular flexibility index (Phi) is 5.76. The highest BCUT2D eigenvalue weighted by Crippen LogP contribution is 2.31. The van der Waals surface area contributed by atoms with Crippen LogP contribution in [0.15, 0.2) is 42.5 Å². The van der Waals surface area contributed by atoms with Gasteiger partial charge in [-0.15, -0.1) is 0 Å². The van der Waals surface area contributed by atoms with Crippen molar-refractivity contribution in [3.05, 3.63) is 48.0 Å². The highest BCUT2D eigenvalue weighted by molar-refractivity contribution is 6.45. The van der Waals surface area contributed by atoms with Gasteiger partial charge in [0.2, 0.25) is 5.91 Å². The molecule has 7 nitrogen and oxygen atoms in total. The first kappa shape index (κ1) is 21.0. The third-order valence-corrected chi connectivity index (χ3v) is 6.45. The average molecular weight is 421 g/mol. The van der Waals surface area contributed by atoms with Crippen LogP contribution in [0.1, 0.15) is 51.1 Å². The lowest BCUT2D eigenvalue weighted by Gasteiger charge is -2.34. The van der Waals surface area contributed by atoms with Crippen LogP contribution in [0.4, 0.5) is 4.79 Å². The van der Waals surface area contributed by atoms with E-state index in [2.05, 4.69) is 5.32 Å². The van der Waals surface area contributed by atoms with E-state index in [-0.39, 0.29) is 18.0 Å². The minimum Gasteiger partial charge on any atom is -0.348 e. The molecule has 1 heterocycles. The molecule has 2 aromatic rings. The standard InChI is InChI=1S/C24H27N3O4/c1-15-8-3-6-13-20(15)27-23(30)22(29)26(24(27)31)14-21(28)25-16(2)18-12-7-10-17-9-4-5-11-19(17)18/h4-5,7,9-12,15-16,20H,3,6,8,13-14H2,1-2H3,(H,25,28)/t15-,16+,20-/m1/s1. The molecular formula is C24H27N3O4. The molecule has 5 amide bonds. The number of fused-ring (bicyclic) bond motifs is 1. The topological polar surface area (TPSA) is 86.8 Å². The lowest BCUT2D eigenvalue weighted by atomic mass is 9.85. The normalized spacial score (nSPS) is 22.8. The van der Waals surface area contributed by atoms with Gasteiger partial charge in [0, 0.05) is 6.04 Å². The van der Waals surface area contributed by atoms with E-state index in [1.165, 1.54) is 0 Å². The number of hydrogen-bond donors (Lipinski definition) is 1. The van der Waals surface area contributed by atoms with Crippen molar-refractivity contribution in [3.8, 4) is 0 Å². The highest BCUT2D eigenvalue weighted by Gasteiger charge is 2.49. The van der Waals surface area contributed by atoms with Crippen molar-refractivity contribution in [1.82, 2.24) is 15.1 Å². The predicted octanol–water partition coefficient (Wildman–Crippen LogP) is 3.39. The van der Waals surface area contributed by atoms with Gasteiger partial charge < -0.3 is 5.32 Å². The summed E-state index contributed by atoms with van der Waals surface area (Å²) < 4.78 is 0. The van der Waals surface area contributed by atoms with Crippen molar-refractivity contribution >= 4 is 34.5 Å². The van der Waals surface area contributed by atoms with Crippen LogP contribution in [0.25, 0.3) is 10.8 Å². The smallest absolute Gasteiger partial charge is 0.334 e. The van der Waals surface area contributed by atoms with Crippen LogP contribution in [0, 0.1) is 5.92 Å². The maximum Gasteiger partial charge on any atom is 0.334 e. The Morgan fingerprint density at radius 2 is 1.74 bits per heavy atom. The van der Waals surface area contributed by atoms with Gasteiger partial charge in [-0.1, -0.05) is 62.2 Å². The largest absolute Gasteiger partial charge is 0.348 e. The minimum absolute atomic E-state index is 0.148. The summed E-state index contributed by atoms with van der Waals surface area (Å²) in [4.78, 5) is 52.4. The van der Waals surface area contributed by atoms with E-state index in [1.807, 2.05) is 56.3 Å². The van der Waals surface area contributed by atoms with E-state index in [4.69, 9.17) is 0 Å². The summed E-state index contributed by atoms with van der Waals surface area (Å²) in [7, 11) is 0. The maximum atomic E-state index is 12.9. The van der Waals surface area contributed by atoms with Crippen LogP contribution in [-0.4, -0.2) is 46.1 Å². The number of amides is 5. The molecule has 7 heteroatoms. The number of rotatable bonds is 5. The molecule has 0 spiro atoms. The fourth-order valence-electron chi connectivity index (χ4n) is 4.77. The Morgan fingerprint density at radius 1 is 1.03 bits per heavy atom. The molecule has 0 radical (unpaired) electrons. The highest BCUT2D eigenvalue weighted by atomic mass is 16.2. The Balaban J connectivity index is 1.46. The molecule has 2 aromatic carbocycles. The second-order valence-electron chi connectivity index (χ2n) is 8.54. The van der Waals surface area contributed by atoms with Crippen LogP contribution in [-0.2, 0) is 14.4 Å². The molecule has 162 valence electrons. The quantitative estimate of drug-likeness (QED) is 0.592. The first-order valence-electron chi connectivity index (χ1n) is 10.8. The number of imide groups is 2. The SMILES string of the molecule is C[C@H](NC(=O)CN1C(=O)C(=O)N([C@@H]2CCCC[C@H]2C)C1=O)c1cccc2ccccc12. The zero-order chi connectivity index (χ0) is 22.1. The molecular weight excluding hydrogens is 394 g/mol. The van der Waals surface area contributed by atoms with Crippen molar-refractivity contribution in [3.63, 3.8) is 0 Å². The molecule has 2 fully saturated rings. The lowest BCUT2D eigenvalue weighted by Crippen LogP contribution is -2.47. The van der Waals surface area contributed by atoms with Crippen LogP contribution in [0.2, 0.25) is 0 Å². The fraction of sp³-hybridized carbons (Fsp3) is 0.417. The molecule has 1 aliphatic carbocycles. The van der Waals surface area contributed by atoms with E-state index in [9.17, 15) is 19.2 Å². The average Bonchev–Trinajstić information content (AvgIpc) is 2.97. The van der Waals surface area contributed by atoms with E-state index >= 15 is 0 Å². The van der Waals surface area contributed by atoms with E-state index in [0.29, 0.717) is 6.42 Å². The molecule has 1 saturated heterocycles. The van der Waals surface area contributed by atoms with Gasteiger partial charge >= 0.3 is 17.8 Å². The van der Waals surface area contributed by atoms with Gasteiger partial charge in [0.25, 0.3) is 0 Å². The number of benzene rings is 2. The Labute approximate surface area is 181 Å². The van der Waals surface area contributed by atoms with Crippen molar-refractivity contribution in [2.75, 3.05) is 6.54 Å². The van der Waals surface area contributed by atoms with Gasteiger partial charge in [0.05, 0.1) is 6.04 Å². The number of carbonyl (C=O) groups excluding carboxylic acids is 4. The van der Waals surface area contributed by atoms with Gasteiger partial charge in [-0.3, -0.25) is 19.3 Å². The summed E-state index contributed by atoms with van der Waals surface area (Å²) in [6.07, 6.45) is 3.59.